The van der Waals surface area contributed by atoms with Gasteiger partial charge in [0.15, 0.2) is 5.78 Å². The highest BCUT2D eigenvalue weighted by atomic mass is 16.1. The molecular formula is C19H25NO. The number of carbonyl (C=O) groups excluding carboxylic acids is 1. The molecule has 0 atom stereocenters. The standard InChI is InChI=1S/C19H25NO/c1-2-3-4-5-6-7-10-15-20-18-13-14-19(21)17-12-9-8-11-16(17)18/h8-9,11-14H,2-7,10,15H2,1H3. The first-order valence-corrected chi connectivity index (χ1v) is 8.19. The summed E-state index contributed by atoms with van der Waals surface area (Å²) in [6.45, 7) is 3.10. The van der Waals surface area contributed by atoms with E-state index in [-0.39, 0.29) is 5.78 Å². The third-order valence-electron chi connectivity index (χ3n) is 3.90. The Balaban J connectivity index is 1.80. The SMILES string of the molecule is CCCCCCCCCN=C1C=CC(=O)c2ccccc21. The number of unbranched alkanes of at least 4 members (excludes halogenated alkanes) is 6. The van der Waals surface area contributed by atoms with Gasteiger partial charge in [-0.25, -0.2) is 0 Å². The van der Waals surface area contributed by atoms with Gasteiger partial charge >= 0.3 is 0 Å². The first kappa shape index (κ1) is 15.7. The molecule has 2 rings (SSSR count). The van der Waals surface area contributed by atoms with E-state index in [4.69, 9.17) is 0 Å². The van der Waals surface area contributed by atoms with E-state index in [9.17, 15) is 4.79 Å². The number of nitrogens with zero attached hydrogens (tertiary/aromatic N) is 1. The lowest BCUT2D eigenvalue weighted by molar-refractivity contribution is 0.104. The van der Waals surface area contributed by atoms with Gasteiger partial charge in [0.1, 0.15) is 0 Å². The molecule has 0 saturated heterocycles. The number of aliphatic imine (C=N–C) groups is 1. The number of ketones is 1. The van der Waals surface area contributed by atoms with Gasteiger partial charge in [0.05, 0.1) is 5.71 Å². The van der Waals surface area contributed by atoms with Gasteiger partial charge in [-0.1, -0.05) is 69.7 Å². The number of hydrogen-bond acceptors (Lipinski definition) is 2. The second-order valence-electron chi connectivity index (χ2n) is 5.63. The van der Waals surface area contributed by atoms with Crippen LogP contribution in [0.3, 0.4) is 0 Å². The lowest BCUT2D eigenvalue weighted by atomic mass is 9.94. The van der Waals surface area contributed by atoms with E-state index in [1.165, 1.54) is 38.5 Å². The zero-order valence-electron chi connectivity index (χ0n) is 13.0. The van der Waals surface area contributed by atoms with E-state index in [2.05, 4.69) is 11.9 Å². The van der Waals surface area contributed by atoms with E-state index in [0.717, 1.165) is 29.8 Å². The molecule has 0 bridgehead atoms. The number of carbonyl (C=O) groups is 1. The minimum Gasteiger partial charge on any atom is -0.289 e. The van der Waals surface area contributed by atoms with Gasteiger partial charge in [0, 0.05) is 17.7 Å². The Morgan fingerprint density at radius 3 is 2.29 bits per heavy atom. The maximum atomic E-state index is 11.8. The van der Waals surface area contributed by atoms with Gasteiger partial charge in [-0.15, -0.1) is 0 Å². The van der Waals surface area contributed by atoms with Crippen molar-refractivity contribution in [3.63, 3.8) is 0 Å². The topological polar surface area (TPSA) is 29.4 Å². The molecule has 0 aliphatic heterocycles. The third kappa shape index (κ3) is 4.66. The van der Waals surface area contributed by atoms with Gasteiger partial charge in [-0.3, -0.25) is 9.79 Å². The van der Waals surface area contributed by atoms with Crippen molar-refractivity contribution in [3.05, 3.63) is 47.5 Å². The minimum atomic E-state index is 0.0838. The smallest absolute Gasteiger partial charge is 0.186 e. The quantitative estimate of drug-likeness (QED) is 0.619. The summed E-state index contributed by atoms with van der Waals surface area (Å²) < 4.78 is 0. The maximum absolute atomic E-state index is 11.8. The molecule has 0 saturated carbocycles. The van der Waals surface area contributed by atoms with Crippen molar-refractivity contribution < 1.29 is 4.79 Å². The van der Waals surface area contributed by atoms with Gasteiger partial charge < -0.3 is 0 Å². The van der Waals surface area contributed by atoms with Crippen LogP contribution >= 0.6 is 0 Å². The highest BCUT2D eigenvalue weighted by Gasteiger charge is 2.15. The van der Waals surface area contributed by atoms with Gasteiger partial charge in [-0.2, -0.15) is 0 Å². The molecule has 0 N–H and O–H groups in total. The van der Waals surface area contributed by atoms with Crippen LogP contribution in [0.1, 0.15) is 67.8 Å². The number of fused-ring (bicyclic) bond motifs is 1. The maximum Gasteiger partial charge on any atom is 0.186 e. The largest absolute Gasteiger partial charge is 0.289 e. The highest BCUT2D eigenvalue weighted by molar-refractivity contribution is 6.23. The van der Waals surface area contributed by atoms with Crippen molar-refractivity contribution in [2.24, 2.45) is 4.99 Å². The number of benzene rings is 1. The Hall–Kier alpha value is -1.70. The highest BCUT2D eigenvalue weighted by Crippen LogP contribution is 2.17. The summed E-state index contributed by atoms with van der Waals surface area (Å²) in [5.74, 6) is 0.0838. The summed E-state index contributed by atoms with van der Waals surface area (Å²) in [6.07, 6.45) is 12.6. The minimum absolute atomic E-state index is 0.0838. The lowest BCUT2D eigenvalue weighted by Gasteiger charge is -2.11. The molecule has 0 fully saturated rings. The molecule has 0 spiro atoms. The number of allylic oxidation sites excluding steroid dienone is 2. The summed E-state index contributed by atoms with van der Waals surface area (Å²) in [6, 6.07) is 7.74. The molecule has 2 nitrogen and oxygen atoms in total. The Kier molecular flexibility index (Phi) is 6.39. The second-order valence-corrected chi connectivity index (χ2v) is 5.63. The van der Waals surface area contributed by atoms with Crippen LogP contribution in [0, 0.1) is 0 Å². The van der Waals surface area contributed by atoms with Gasteiger partial charge in [-0.05, 0) is 18.6 Å². The molecule has 0 radical (unpaired) electrons. The Morgan fingerprint density at radius 2 is 1.52 bits per heavy atom. The Morgan fingerprint density at radius 1 is 0.857 bits per heavy atom. The van der Waals surface area contributed by atoms with Crippen molar-refractivity contribution >= 4 is 11.5 Å². The average molecular weight is 283 g/mol. The molecule has 0 unspecified atom stereocenters. The molecule has 1 aromatic rings. The molecule has 21 heavy (non-hydrogen) atoms. The molecule has 112 valence electrons. The molecule has 1 aliphatic rings. The molecule has 0 amide bonds. The predicted molar refractivity (Wildman–Crippen MR) is 89.3 cm³/mol. The number of hydrogen-bond donors (Lipinski definition) is 0. The first-order valence-electron chi connectivity index (χ1n) is 8.19. The summed E-state index contributed by atoms with van der Waals surface area (Å²) >= 11 is 0. The monoisotopic (exact) mass is 283 g/mol. The van der Waals surface area contributed by atoms with E-state index in [1.807, 2.05) is 30.3 Å². The Labute approximate surface area is 128 Å². The fraction of sp³-hybridized carbons (Fsp3) is 0.474. The van der Waals surface area contributed by atoms with Crippen molar-refractivity contribution in [3.8, 4) is 0 Å². The van der Waals surface area contributed by atoms with E-state index < -0.39 is 0 Å². The van der Waals surface area contributed by atoms with Crippen LogP contribution in [0.5, 0.6) is 0 Å². The van der Waals surface area contributed by atoms with Crippen LogP contribution in [-0.4, -0.2) is 18.0 Å². The van der Waals surface area contributed by atoms with Gasteiger partial charge in [0.2, 0.25) is 0 Å². The third-order valence-corrected chi connectivity index (χ3v) is 3.90. The van der Waals surface area contributed by atoms with Crippen LogP contribution in [-0.2, 0) is 0 Å². The normalized spacial score (nSPS) is 15.5. The van der Waals surface area contributed by atoms with Crippen LogP contribution in [0.15, 0.2) is 41.4 Å². The Bertz CT molecular complexity index is 528. The van der Waals surface area contributed by atoms with Crippen LogP contribution in [0.25, 0.3) is 0 Å². The summed E-state index contributed by atoms with van der Waals surface area (Å²) in [4.78, 5) is 16.5. The average Bonchev–Trinajstić information content (AvgIpc) is 2.52. The fourth-order valence-corrected chi connectivity index (χ4v) is 2.66. The van der Waals surface area contributed by atoms with Crippen molar-refractivity contribution in [2.45, 2.75) is 51.9 Å². The second kappa shape index (κ2) is 8.56. The van der Waals surface area contributed by atoms with E-state index >= 15 is 0 Å². The summed E-state index contributed by atoms with van der Waals surface area (Å²) in [5.41, 5.74) is 2.71. The molecule has 2 heteroatoms. The van der Waals surface area contributed by atoms with Crippen molar-refractivity contribution in [1.82, 2.24) is 0 Å². The number of rotatable bonds is 8. The van der Waals surface area contributed by atoms with Crippen molar-refractivity contribution in [1.29, 1.82) is 0 Å². The van der Waals surface area contributed by atoms with E-state index in [0.29, 0.717) is 0 Å². The predicted octanol–water partition coefficient (Wildman–Crippen LogP) is 4.98. The van der Waals surface area contributed by atoms with Crippen LogP contribution in [0.2, 0.25) is 0 Å². The molecule has 0 aromatic heterocycles. The molecule has 1 aromatic carbocycles. The van der Waals surface area contributed by atoms with Crippen LogP contribution in [0.4, 0.5) is 0 Å². The first-order chi connectivity index (χ1) is 10.3. The molecule has 1 aliphatic carbocycles. The fourth-order valence-electron chi connectivity index (χ4n) is 2.66. The van der Waals surface area contributed by atoms with Crippen molar-refractivity contribution in [2.75, 3.05) is 6.54 Å². The lowest BCUT2D eigenvalue weighted by Crippen LogP contribution is -2.12. The van der Waals surface area contributed by atoms with Gasteiger partial charge in [0.25, 0.3) is 0 Å². The zero-order valence-corrected chi connectivity index (χ0v) is 13.0. The van der Waals surface area contributed by atoms with Crippen LogP contribution < -0.4 is 0 Å². The summed E-state index contributed by atoms with van der Waals surface area (Å²) in [7, 11) is 0. The summed E-state index contributed by atoms with van der Waals surface area (Å²) in [5, 5.41) is 0. The van der Waals surface area contributed by atoms with E-state index in [1.54, 1.807) is 6.08 Å². The zero-order chi connectivity index (χ0) is 14.9. The molecular weight excluding hydrogens is 258 g/mol. The molecule has 0 heterocycles.